The van der Waals surface area contributed by atoms with Gasteiger partial charge >= 0.3 is 12.1 Å². The molecule has 0 aliphatic heterocycles. The van der Waals surface area contributed by atoms with E-state index >= 15 is 0 Å². The Kier molecular flexibility index (Phi) is 8.54. The summed E-state index contributed by atoms with van der Waals surface area (Å²) in [5.74, 6) is -2.13. The quantitative estimate of drug-likeness (QED) is 0.746. The van der Waals surface area contributed by atoms with Gasteiger partial charge in [-0.1, -0.05) is 0 Å². The molecule has 0 amide bonds. The third-order valence-corrected chi connectivity index (χ3v) is 1.90. The van der Waals surface area contributed by atoms with Gasteiger partial charge < -0.3 is 4.74 Å². The number of hydrogen-bond donors (Lipinski definition) is 1. The van der Waals surface area contributed by atoms with Gasteiger partial charge in [-0.25, -0.2) is 9.00 Å². The predicted molar refractivity (Wildman–Crippen MR) is 50.2 cm³/mol. The number of carbonyl (C=O) groups excluding carboxylic acids is 1. The Labute approximate surface area is 88.6 Å². The molecule has 0 bridgehead atoms. The molecule has 1 unspecified atom stereocenters. The van der Waals surface area contributed by atoms with E-state index in [4.69, 9.17) is 5.14 Å². The van der Waals surface area contributed by atoms with Crippen molar-refractivity contribution in [2.45, 2.75) is 32.2 Å². The van der Waals surface area contributed by atoms with Crippen LogP contribution in [-0.4, -0.2) is 28.2 Å². The van der Waals surface area contributed by atoms with E-state index in [0.717, 1.165) is 0 Å². The number of alkyl halides is 3. The second-order valence-corrected chi connectivity index (χ2v) is 4.20. The van der Waals surface area contributed by atoms with Crippen LogP contribution in [0.4, 0.5) is 13.2 Å². The van der Waals surface area contributed by atoms with Crippen molar-refractivity contribution in [2.75, 3.05) is 6.61 Å². The molecule has 0 aromatic heterocycles. The highest BCUT2D eigenvalue weighted by Crippen LogP contribution is 2.15. The Balaban J connectivity index is 0. The minimum Gasteiger partial charge on any atom is -0.459 e. The molecule has 2 N–H and O–H groups in total. The molecule has 0 aliphatic carbocycles. The minimum absolute atomic E-state index is 0.102. The number of rotatable bonds is 2. The molecule has 1 atom stereocenters. The first kappa shape index (κ1) is 16.8. The van der Waals surface area contributed by atoms with E-state index in [1.807, 2.05) is 13.8 Å². The van der Waals surface area contributed by atoms with Crippen molar-refractivity contribution < 1.29 is 26.9 Å². The molecular formula is C7H14F3NO3S. The number of hydrogen-bond acceptors (Lipinski definition) is 3. The Morgan fingerprint density at radius 1 is 1.47 bits per heavy atom. The van der Waals surface area contributed by atoms with Crippen LogP contribution in [0.5, 0.6) is 0 Å². The lowest BCUT2D eigenvalue weighted by Gasteiger charge is -2.02. The van der Waals surface area contributed by atoms with Crippen molar-refractivity contribution in [2.24, 2.45) is 5.14 Å². The number of ether oxygens (including phenoxy) is 1. The summed E-state index contributed by atoms with van der Waals surface area (Å²) in [5, 5.41) is 5.01. The summed E-state index contributed by atoms with van der Waals surface area (Å²) >= 11 is 0. The molecule has 0 aromatic carbocycles. The fraction of sp³-hybridized carbons (Fsp3) is 0.857. The van der Waals surface area contributed by atoms with Gasteiger partial charge in [0.2, 0.25) is 0 Å². The van der Waals surface area contributed by atoms with Crippen molar-refractivity contribution in [3.05, 3.63) is 0 Å². The van der Waals surface area contributed by atoms with E-state index in [-0.39, 0.29) is 11.9 Å². The zero-order valence-electron chi connectivity index (χ0n) is 8.63. The Morgan fingerprint density at radius 3 is 1.87 bits per heavy atom. The van der Waals surface area contributed by atoms with Gasteiger partial charge in [-0.05, 0) is 20.8 Å². The van der Waals surface area contributed by atoms with Gasteiger partial charge in [-0.15, -0.1) is 0 Å². The molecule has 0 saturated heterocycles. The maximum absolute atomic E-state index is 11.2. The second-order valence-electron chi connectivity index (χ2n) is 2.60. The fourth-order valence-electron chi connectivity index (χ4n) is 0.213. The molecule has 15 heavy (non-hydrogen) atoms. The van der Waals surface area contributed by atoms with Gasteiger partial charge in [0, 0.05) is 5.25 Å². The highest BCUT2D eigenvalue weighted by Gasteiger charge is 2.40. The van der Waals surface area contributed by atoms with E-state index in [9.17, 15) is 22.2 Å². The maximum atomic E-state index is 11.2. The summed E-state index contributed by atoms with van der Waals surface area (Å²) in [6.45, 7) is 4.69. The molecule has 92 valence electrons. The standard InChI is InChI=1S/C4H5F3O2.C3H9NOS/c1-2-9-3(8)4(5,6)7;1-3(2)6(4)5/h2H2,1H3;3H,4H2,1-2H3. The topological polar surface area (TPSA) is 69.4 Å². The molecule has 4 nitrogen and oxygen atoms in total. The van der Waals surface area contributed by atoms with E-state index in [2.05, 4.69) is 4.74 Å². The molecule has 0 saturated carbocycles. The van der Waals surface area contributed by atoms with Crippen LogP contribution >= 0.6 is 0 Å². The van der Waals surface area contributed by atoms with Crippen LogP contribution in [0, 0.1) is 0 Å². The normalized spacial score (nSPS) is 12.8. The van der Waals surface area contributed by atoms with Gasteiger partial charge in [0.15, 0.2) is 0 Å². The zero-order valence-corrected chi connectivity index (χ0v) is 9.45. The summed E-state index contributed by atoms with van der Waals surface area (Å²) in [5.41, 5.74) is 0. The van der Waals surface area contributed by atoms with Crippen molar-refractivity contribution in [3.8, 4) is 0 Å². The van der Waals surface area contributed by atoms with Crippen molar-refractivity contribution in [1.82, 2.24) is 0 Å². The van der Waals surface area contributed by atoms with Gasteiger partial charge in [-0.2, -0.15) is 13.2 Å². The molecule has 0 radical (unpaired) electrons. The van der Waals surface area contributed by atoms with E-state index in [0.29, 0.717) is 0 Å². The lowest BCUT2D eigenvalue weighted by molar-refractivity contribution is -0.199. The summed E-state index contributed by atoms with van der Waals surface area (Å²) in [6, 6.07) is 0. The van der Waals surface area contributed by atoms with Crippen LogP contribution in [0.3, 0.4) is 0 Å². The summed E-state index contributed by atoms with van der Waals surface area (Å²) in [7, 11) is -1.12. The number of halogens is 3. The number of carbonyl (C=O) groups is 1. The van der Waals surface area contributed by atoms with Gasteiger partial charge in [0.05, 0.1) is 17.6 Å². The molecule has 0 spiro atoms. The van der Waals surface area contributed by atoms with Crippen molar-refractivity contribution in [1.29, 1.82) is 0 Å². The average Bonchev–Trinajstić information content (AvgIpc) is 2.03. The summed E-state index contributed by atoms with van der Waals surface area (Å²) in [4.78, 5) is 9.72. The van der Waals surface area contributed by atoms with Gasteiger partial charge in [0.1, 0.15) is 0 Å². The molecular weight excluding hydrogens is 235 g/mol. The fourth-order valence-corrected chi connectivity index (χ4v) is 0.213. The molecule has 0 heterocycles. The van der Waals surface area contributed by atoms with Crippen LogP contribution < -0.4 is 5.14 Å². The van der Waals surface area contributed by atoms with Crippen LogP contribution in [0.1, 0.15) is 20.8 Å². The first-order valence-corrected chi connectivity index (χ1v) is 5.29. The van der Waals surface area contributed by atoms with Crippen molar-refractivity contribution in [3.63, 3.8) is 0 Å². The van der Waals surface area contributed by atoms with Gasteiger partial charge in [0.25, 0.3) is 0 Å². The van der Waals surface area contributed by atoms with E-state index in [1.165, 1.54) is 6.92 Å². The maximum Gasteiger partial charge on any atom is 0.490 e. The third-order valence-electron chi connectivity index (χ3n) is 0.972. The Hall–Kier alpha value is -0.630. The first-order valence-electron chi connectivity index (χ1n) is 4.01. The molecule has 0 aromatic rings. The highest BCUT2D eigenvalue weighted by atomic mass is 32.2. The molecule has 0 aliphatic rings. The SMILES string of the molecule is CC(C)S(N)=O.CCOC(=O)C(F)(F)F. The minimum atomic E-state index is -4.85. The zero-order chi connectivity index (χ0) is 12.6. The van der Waals surface area contributed by atoms with Crippen LogP contribution in [0.15, 0.2) is 0 Å². The summed E-state index contributed by atoms with van der Waals surface area (Å²) in [6.07, 6.45) is -4.85. The van der Waals surface area contributed by atoms with E-state index in [1.54, 1.807) is 0 Å². The monoisotopic (exact) mass is 249 g/mol. The smallest absolute Gasteiger partial charge is 0.459 e. The van der Waals surface area contributed by atoms with Crippen LogP contribution in [0.2, 0.25) is 0 Å². The lowest BCUT2D eigenvalue weighted by atomic mass is 10.6. The van der Waals surface area contributed by atoms with Crippen LogP contribution in [-0.2, 0) is 20.5 Å². The highest BCUT2D eigenvalue weighted by molar-refractivity contribution is 7.83. The predicted octanol–water partition coefficient (Wildman–Crippen LogP) is 1.13. The molecule has 0 fully saturated rings. The lowest BCUT2D eigenvalue weighted by Crippen LogP contribution is -2.25. The van der Waals surface area contributed by atoms with E-state index < -0.39 is 23.1 Å². The van der Waals surface area contributed by atoms with Crippen LogP contribution in [0.25, 0.3) is 0 Å². The second kappa shape index (κ2) is 7.63. The molecule has 8 heteroatoms. The molecule has 0 rings (SSSR count). The average molecular weight is 249 g/mol. The number of esters is 1. The van der Waals surface area contributed by atoms with Gasteiger partial charge in [-0.3, -0.25) is 5.14 Å². The first-order chi connectivity index (χ1) is 6.62. The largest absolute Gasteiger partial charge is 0.490 e. The van der Waals surface area contributed by atoms with Crippen molar-refractivity contribution >= 4 is 17.0 Å². The number of nitrogens with two attached hydrogens (primary N) is 1. The Bertz CT molecular complexity index is 218. The summed E-state index contributed by atoms with van der Waals surface area (Å²) < 4.78 is 47.2. The Morgan fingerprint density at radius 2 is 1.80 bits per heavy atom. The third kappa shape index (κ3) is 11.3.